The summed E-state index contributed by atoms with van der Waals surface area (Å²) in [6.45, 7) is 19.4. The molecule has 0 saturated heterocycles. The first kappa shape index (κ1) is 25.7. The zero-order chi connectivity index (χ0) is 25.5. The molecule has 2 heteroatoms. The number of benzene rings is 3. The van der Waals surface area contributed by atoms with Crippen molar-refractivity contribution in [3.8, 4) is 0 Å². The van der Waals surface area contributed by atoms with Crippen molar-refractivity contribution in [3.63, 3.8) is 0 Å². The number of hydrogen-bond acceptors (Lipinski definition) is 1. The van der Waals surface area contributed by atoms with Crippen molar-refractivity contribution in [1.82, 2.24) is 0 Å². The molecule has 3 aromatic carbocycles. The van der Waals surface area contributed by atoms with Crippen LogP contribution in [-0.2, 0) is 26.5 Å². The molecule has 1 N–H and O–H groups in total. The summed E-state index contributed by atoms with van der Waals surface area (Å²) in [6, 6.07) is 24.3. The third kappa shape index (κ3) is 4.43. The van der Waals surface area contributed by atoms with Gasteiger partial charge in [0, 0.05) is 0 Å². The molecule has 34 heavy (non-hydrogen) atoms. The van der Waals surface area contributed by atoms with Crippen molar-refractivity contribution in [2.75, 3.05) is 0 Å². The van der Waals surface area contributed by atoms with Crippen molar-refractivity contribution in [1.29, 1.82) is 0 Å². The highest BCUT2D eigenvalue weighted by Crippen LogP contribution is 2.49. The monoisotopic (exact) mass is 456 g/mol. The number of carboxylic acids is 1. The zero-order valence-electron chi connectivity index (χ0n) is 22.3. The van der Waals surface area contributed by atoms with Gasteiger partial charge in [-0.25, -0.2) is 0 Å². The lowest BCUT2D eigenvalue weighted by Crippen LogP contribution is -2.43. The highest BCUT2D eigenvalue weighted by Gasteiger charge is 2.50. The molecular weight excluding hydrogens is 416 g/mol. The Morgan fingerprint density at radius 2 is 0.676 bits per heavy atom. The maximum Gasteiger partial charge on any atom is 0.323 e. The molecule has 0 aliphatic rings. The lowest BCUT2D eigenvalue weighted by atomic mass is 9.60. The van der Waals surface area contributed by atoms with Crippen LogP contribution >= 0.6 is 0 Å². The van der Waals surface area contributed by atoms with Crippen LogP contribution < -0.4 is 0 Å². The molecule has 0 amide bonds. The van der Waals surface area contributed by atoms with Gasteiger partial charge in [-0.1, -0.05) is 135 Å². The van der Waals surface area contributed by atoms with Crippen molar-refractivity contribution in [2.24, 2.45) is 0 Å². The van der Waals surface area contributed by atoms with Crippen LogP contribution in [0.4, 0.5) is 0 Å². The summed E-state index contributed by atoms with van der Waals surface area (Å²) in [7, 11) is 0. The second kappa shape index (κ2) is 8.73. The van der Waals surface area contributed by atoms with Crippen LogP contribution in [0.15, 0.2) is 72.8 Å². The van der Waals surface area contributed by atoms with Crippen LogP contribution in [0.3, 0.4) is 0 Å². The van der Waals surface area contributed by atoms with E-state index >= 15 is 0 Å². The van der Waals surface area contributed by atoms with E-state index in [9.17, 15) is 9.90 Å². The van der Waals surface area contributed by atoms with Gasteiger partial charge in [0.15, 0.2) is 0 Å². The molecule has 0 fully saturated rings. The fourth-order valence-corrected chi connectivity index (χ4v) is 5.17. The van der Waals surface area contributed by atoms with Gasteiger partial charge in [-0.05, 0) is 49.6 Å². The van der Waals surface area contributed by atoms with Gasteiger partial charge in [-0.15, -0.1) is 0 Å². The van der Waals surface area contributed by atoms with Gasteiger partial charge in [0.1, 0.15) is 5.41 Å². The summed E-state index contributed by atoms with van der Waals surface area (Å²) in [6.07, 6.45) is 0. The quantitative estimate of drug-likeness (QED) is 0.404. The molecule has 0 aliphatic carbocycles. The van der Waals surface area contributed by atoms with E-state index in [0.717, 1.165) is 33.4 Å². The van der Waals surface area contributed by atoms with Crippen LogP contribution in [0.25, 0.3) is 0 Å². The Morgan fingerprint density at radius 3 is 0.853 bits per heavy atom. The Hall–Kier alpha value is -2.87. The lowest BCUT2D eigenvalue weighted by molar-refractivity contribution is -0.140. The van der Waals surface area contributed by atoms with Crippen LogP contribution in [0.1, 0.15) is 95.7 Å². The number of carboxylic acid groups (broad SMARTS) is 1. The van der Waals surface area contributed by atoms with Crippen molar-refractivity contribution in [2.45, 2.75) is 84.0 Å². The molecule has 0 saturated carbocycles. The van der Waals surface area contributed by atoms with Crippen LogP contribution in [0, 0.1) is 0 Å². The third-order valence-electron chi connectivity index (χ3n) is 6.74. The van der Waals surface area contributed by atoms with Crippen molar-refractivity contribution >= 4 is 5.97 Å². The van der Waals surface area contributed by atoms with Gasteiger partial charge in [0.05, 0.1) is 0 Å². The number of hydrogen-bond donors (Lipinski definition) is 1. The van der Waals surface area contributed by atoms with E-state index in [1.54, 1.807) is 0 Å². The van der Waals surface area contributed by atoms with E-state index in [0.29, 0.717) is 0 Å². The van der Waals surface area contributed by atoms with E-state index in [4.69, 9.17) is 0 Å². The molecule has 0 heterocycles. The van der Waals surface area contributed by atoms with Crippen LogP contribution in [0.5, 0.6) is 0 Å². The standard InChI is InChI=1S/C32H40O2/c1-29(2,3)22-16-10-13-19-25(22)32(28(33)34,26-20-14-11-17-23(26)30(4,5)6)27-21-15-12-18-24(27)31(7,8)9/h10-21H,1-9H3,(H,33,34). The van der Waals surface area contributed by atoms with Crippen LogP contribution in [-0.4, -0.2) is 11.1 Å². The molecule has 0 unspecified atom stereocenters. The minimum absolute atomic E-state index is 0.232. The largest absolute Gasteiger partial charge is 0.480 e. The molecule has 2 nitrogen and oxygen atoms in total. The van der Waals surface area contributed by atoms with E-state index in [1.807, 2.05) is 54.6 Å². The van der Waals surface area contributed by atoms with Gasteiger partial charge in [-0.2, -0.15) is 0 Å². The summed E-state index contributed by atoms with van der Waals surface area (Å²) in [5.41, 5.74) is 3.59. The molecule has 0 radical (unpaired) electrons. The predicted octanol–water partition coefficient (Wildman–Crippen LogP) is 8.00. The van der Waals surface area contributed by atoms with Crippen molar-refractivity contribution in [3.05, 3.63) is 106 Å². The fourth-order valence-electron chi connectivity index (χ4n) is 5.17. The highest BCUT2D eigenvalue weighted by atomic mass is 16.4. The predicted molar refractivity (Wildman–Crippen MR) is 143 cm³/mol. The molecule has 0 aromatic heterocycles. The maximum absolute atomic E-state index is 13.9. The third-order valence-corrected chi connectivity index (χ3v) is 6.74. The summed E-state index contributed by atoms with van der Waals surface area (Å²) < 4.78 is 0. The summed E-state index contributed by atoms with van der Waals surface area (Å²) in [5, 5.41) is 11.4. The number of rotatable bonds is 4. The van der Waals surface area contributed by atoms with Crippen molar-refractivity contribution < 1.29 is 9.90 Å². The molecular formula is C32H40O2. The average molecular weight is 457 g/mol. The van der Waals surface area contributed by atoms with Gasteiger partial charge < -0.3 is 5.11 Å². The van der Waals surface area contributed by atoms with E-state index < -0.39 is 11.4 Å². The molecule has 0 spiro atoms. The maximum atomic E-state index is 13.9. The van der Waals surface area contributed by atoms with E-state index in [2.05, 4.69) is 80.5 Å². The van der Waals surface area contributed by atoms with Crippen LogP contribution in [0.2, 0.25) is 0 Å². The minimum Gasteiger partial charge on any atom is -0.480 e. The molecule has 3 aromatic rings. The van der Waals surface area contributed by atoms with E-state index in [1.165, 1.54) is 0 Å². The Kier molecular flexibility index (Phi) is 6.61. The summed E-state index contributed by atoms with van der Waals surface area (Å²) >= 11 is 0. The zero-order valence-corrected chi connectivity index (χ0v) is 22.3. The summed E-state index contributed by atoms with van der Waals surface area (Å²) in [5.74, 6) is -0.849. The van der Waals surface area contributed by atoms with Gasteiger partial charge in [0.25, 0.3) is 0 Å². The molecule has 3 rings (SSSR count). The van der Waals surface area contributed by atoms with Gasteiger partial charge >= 0.3 is 5.97 Å². The first-order valence-electron chi connectivity index (χ1n) is 12.2. The molecule has 0 bridgehead atoms. The first-order chi connectivity index (χ1) is 15.6. The number of aliphatic carboxylic acids is 1. The second-order valence-electron chi connectivity index (χ2n) is 12.4. The Labute approximate surface area is 206 Å². The normalized spacial score (nSPS) is 13.1. The Morgan fingerprint density at radius 1 is 0.471 bits per heavy atom. The molecule has 0 aliphatic heterocycles. The Balaban J connectivity index is 2.68. The fraction of sp³-hybridized carbons (Fsp3) is 0.406. The average Bonchev–Trinajstić information content (AvgIpc) is 2.73. The first-order valence-corrected chi connectivity index (χ1v) is 12.2. The van der Waals surface area contributed by atoms with Gasteiger partial charge in [-0.3, -0.25) is 4.79 Å². The van der Waals surface area contributed by atoms with Gasteiger partial charge in [0.2, 0.25) is 0 Å². The van der Waals surface area contributed by atoms with E-state index in [-0.39, 0.29) is 16.2 Å². The number of carbonyl (C=O) groups is 1. The topological polar surface area (TPSA) is 37.3 Å². The SMILES string of the molecule is CC(C)(C)c1ccccc1C(C(=O)O)(c1ccccc1C(C)(C)C)c1ccccc1C(C)(C)C. The lowest BCUT2D eigenvalue weighted by Gasteiger charge is -2.41. The Bertz CT molecular complexity index is 1040. The summed E-state index contributed by atoms with van der Waals surface area (Å²) in [4.78, 5) is 13.9. The minimum atomic E-state index is -1.36. The second-order valence-corrected chi connectivity index (χ2v) is 12.4. The molecule has 0 atom stereocenters. The molecule has 180 valence electrons. The smallest absolute Gasteiger partial charge is 0.323 e. The highest BCUT2D eigenvalue weighted by molar-refractivity contribution is 5.93.